The number of aryl methyl sites for hydroxylation is 2. The highest BCUT2D eigenvalue weighted by Crippen LogP contribution is 2.37. The normalized spacial score (nSPS) is 24.2. The Balaban J connectivity index is 1.38. The average molecular weight is 380 g/mol. The molecule has 6 nitrogen and oxygen atoms in total. The molecule has 0 amide bonds. The number of likely N-dealkylation sites (tertiary alicyclic amines) is 1. The topological polar surface area (TPSA) is 60.1 Å². The number of hydrogen-bond acceptors (Lipinski definition) is 4. The van der Waals surface area contributed by atoms with E-state index in [1.54, 1.807) is 4.57 Å². The Hall–Kier alpha value is -2.21. The van der Waals surface area contributed by atoms with Gasteiger partial charge in [-0.3, -0.25) is 19.1 Å². The molecule has 1 saturated heterocycles. The monoisotopic (exact) mass is 380 g/mol. The molecule has 0 bridgehead atoms. The zero-order valence-electron chi connectivity index (χ0n) is 16.7. The Morgan fingerprint density at radius 1 is 1.00 bits per heavy atom. The highest BCUT2D eigenvalue weighted by atomic mass is 16.2. The number of benzene rings is 1. The molecule has 1 saturated carbocycles. The molecule has 0 radical (unpaired) electrons. The molecule has 2 atom stereocenters. The van der Waals surface area contributed by atoms with Gasteiger partial charge in [0.15, 0.2) is 0 Å². The Kier molecular flexibility index (Phi) is 4.27. The van der Waals surface area contributed by atoms with Crippen LogP contribution in [0, 0.1) is 25.7 Å². The molecule has 0 N–H and O–H groups in total. The predicted octanol–water partition coefficient (Wildman–Crippen LogP) is 2.05. The van der Waals surface area contributed by atoms with Gasteiger partial charge in [0, 0.05) is 44.6 Å². The van der Waals surface area contributed by atoms with E-state index in [4.69, 9.17) is 0 Å². The van der Waals surface area contributed by atoms with Crippen LogP contribution in [0.2, 0.25) is 0 Å². The van der Waals surface area contributed by atoms with Crippen LogP contribution in [0.5, 0.6) is 0 Å². The van der Waals surface area contributed by atoms with Crippen molar-refractivity contribution in [3.8, 4) is 0 Å². The van der Waals surface area contributed by atoms with Gasteiger partial charge < -0.3 is 0 Å². The lowest BCUT2D eigenvalue weighted by atomic mass is 9.85. The molecule has 2 unspecified atom stereocenters. The van der Waals surface area contributed by atoms with Gasteiger partial charge in [0.2, 0.25) is 0 Å². The van der Waals surface area contributed by atoms with Crippen molar-refractivity contribution >= 4 is 0 Å². The summed E-state index contributed by atoms with van der Waals surface area (Å²) in [5, 5.41) is 4.69. The summed E-state index contributed by atoms with van der Waals surface area (Å²) in [5.74, 6) is 1.98. The van der Waals surface area contributed by atoms with Crippen LogP contribution in [-0.2, 0) is 19.6 Å². The highest BCUT2D eigenvalue weighted by Gasteiger charge is 2.42. The van der Waals surface area contributed by atoms with E-state index in [0.29, 0.717) is 24.9 Å². The second-order valence-corrected chi connectivity index (χ2v) is 9.11. The van der Waals surface area contributed by atoms with Gasteiger partial charge in [-0.1, -0.05) is 35.7 Å². The molecule has 3 heterocycles. The van der Waals surface area contributed by atoms with Gasteiger partial charge >= 0.3 is 11.1 Å². The molecule has 2 aliphatic heterocycles. The van der Waals surface area contributed by atoms with Crippen molar-refractivity contribution in [2.75, 3.05) is 13.1 Å². The number of rotatable bonds is 4. The first-order chi connectivity index (χ1) is 13.5. The van der Waals surface area contributed by atoms with Gasteiger partial charge in [-0.25, -0.2) is 4.68 Å². The maximum Gasteiger partial charge on any atom is 0.332 e. The largest absolute Gasteiger partial charge is 0.332 e. The van der Waals surface area contributed by atoms with Gasteiger partial charge in [-0.2, -0.15) is 5.10 Å². The van der Waals surface area contributed by atoms with Crippen molar-refractivity contribution in [1.82, 2.24) is 19.2 Å². The smallest absolute Gasteiger partial charge is 0.298 e. The summed E-state index contributed by atoms with van der Waals surface area (Å²) in [6.45, 7) is 8.32. The third-order valence-electron chi connectivity index (χ3n) is 6.77. The van der Waals surface area contributed by atoms with Crippen molar-refractivity contribution in [3.05, 3.63) is 61.4 Å². The first-order valence-electron chi connectivity index (χ1n) is 10.5. The van der Waals surface area contributed by atoms with Crippen LogP contribution in [0.4, 0.5) is 0 Å². The van der Waals surface area contributed by atoms with E-state index in [1.165, 1.54) is 27.8 Å². The first-order valence-corrected chi connectivity index (χ1v) is 10.5. The summed E-state index contributed by atoms with van der Waals surface area (Å²) in [6.07, 6.45) is 3.51. The van der Waals surface area contributed by atoms with Crippen molar-refractivity contribution in [2.24, 2.45) is 11.8 Å². The fraction of sp³-hybridized carbons (Fsp3) is 0.591. The molecular formula is C22H28N4O2. The molecule has 3 aliphatic rings. The van der Waals surface area contributed by atoms with Crippen molar-refractivity contribution in [1.29, 1.82) is 0 Å². The van der Waals surface area contributed by atoms with Crippen LogP contribution in [-0.4, -0.2) is 32.3 Å². The lowest BCUT2D eigenvalue weighted by Crippen LogP contribution is -2.45. The number of nitrogens with zero attached hydrogens (tertiary/aromatic N) is 4. The third-order valence-corrected chi connectivity index (χ3v) is 6.77. The molecule has 28 heavy (non-hydrogen) atoms. The van der Waals surface area contributed by atoms with Crippen molar-refractivity contribution in [3.63, 3.8) is 0 Å². The van der Waals surface area contributed by atoms with E-state index in [1.807, 2.05) is 0 Å². The summed E-state index contributed by atoms with van der Waals surface area (Å²) in [6, 6.07) is 6.72. The van der Waals surface area contributed by atoms with E-state index in [0.717, 1.165) is 38.3 Å². The molecule has 5 rings (SSSR count). The minimum Gasteiger partial charge on any atom is -0.298 e. The minimum atomic E-state index is -0.442. The zero-order valence-corrected chi connectivity index (χ0v) is 16.7. The summed E-state index contributed by atoms with van der Waals surface area (Å²) < 4.78 is 3.12. The Morgan fingerprint density at radius 2 is 1.75 bits per heavy atom. The van der Waals surface area contributed by atoms with E-state index < -0.39 is 5.56 Å². The molecular weight excluding hydrogens is 352 g/mol. The highest BCUT2D eigenvalue weighted by molar-refractivity contribution is 5.28. The standard InChI is InChI=1S/C22H28N4O2/c1-14-6-15(2)8-17(7-14)9-24-11-18-12-25-20(19(18)13-24)23-26(22(28)21(25)27)10-16-4-3-5-16/h6-8,16,18-19H,3-5,9-13H2,1-2H3. The van der Waals surface area contributed by atoms with E-state index >= 15 is 0 Å². The van der Waals surface area contributed by atoms with Crippen LogP contribution in [0.25, 0.3) is 0 Å². The molecule has 1 aliphatic carbocycles. The van der Waals surface area contributed by atoms with E-state index in [2.05, 4.69) is 42.0 Å². The Bertz CT molecular complexity index is 1010. The van der Waals surface area contributed by atoms with Gasteiger partial charge in [-0.05, 0) is 38.2 Å². The van der Waals surface area contributed by atoms with Gasteiger partial charge in [0.25, 0.3) is 0 Å². The van der Waals surface area contributed by atoms with Crippen molar-refractivity contribution in [2.45, 2.75) is 58.7 Å². The van der Waals surface area contributed by atoms with Crippen LogP contribution in [0.3, 0.4) is 0 Å². The second kappa shape index (κ2) is 6.69. The number of aromatic nitrogens is 3. The molecule has 6 heteroatoms. The SMILES string of the molecule is Cc1cc(C)cc(CN2CC3Cn4c(nn(CC5CCC5)c(=O)c4=O)C3C2)c1. The Labute approximate surface area is 164 Å². The minimum absolute atomic E-state index is 0.256. The van der Waals surface area contributed by atoms with Gasteiger partial charge in [0.1, 0.15) is 5.82 Å². The molecule has 2 fully saturated rings. The number of fused-ring (bicyclic) bond motifs is 3. The van der Waals surface area contributed by atoms with Crippen LogP contribution >= 0.6 is 0 Å². The lowest BCUT2D eigenvalue weighted by molar-refractivity contribution is 0.256. The summed E-state index contributed by atoms with van der Waals surface area (Å²) in [4.78, 5) is 27.5. The molecule has 0 spiro atoms. The predicted molar refractivity (Wildman–Crippen MR) is 108 cm³/mol. The Morgan fingerprint density at radius 3 is 2.43 bits per heavy atom. The maximum absolute atomic E-state index is 12.6. The van der Waals surface area contributed by atoms with E-state index in [-0.39, 0.29) is 11.5 Å². The molecule has 2 aromatic rings. The third kappa shape index (κ3) is 3.04. The number of hydrogen-bond donors (Lipinski definition) is 0. The van der Waals surface area contributed by atoms with Crippen LogP contribution in [0.1, 0.15) is 47.7 Å². The fourth-order valence-electron chi connectivity index (χ4n) is 5.27. The first kappa shape index (κ1) is 17.9. The summed E-state index contributed by atoms with van der Waals surface area (Å²) in [7, 11) is 0. The van der Waals surface area contributed by atoms with Gasteiger partial charge in [0.05, 0.1) is 0 Å². The van der Waals surface area contributed by atoms with Crippen LogP contribution in [0.15, 0.2) is 27.8 Å². The van der Waals surface area contributed by atoms with E-state index in [9.17, 15) is 9.59 Å². The van der Waals surface area contributed by atoms with Crippen LogP contribution < -0.4 is 11.1 Å². The zero-order chi connectivity index (χ0) is 19.4. The molecule has 1 aromatic heterocycles. The lowest BCUT2D eigenvalue weighted by Gasteiger charge is -2.25. The second-order valence-electron chi connectivity index (χ2n) is 9.11. The fourth-order valence-corrected chi connectivity index (χ4v) is 5.27. The summed E-state index contributed by atoms with van der Waals surface area (Å²) in [5.41, 5.74) is 3.13. The quantitative estimate of drug-likeness (QED) is 0.762. The van der Waals surface area contributed by atoms with Gasteiger partial charge in [-0.15, -0.1) is 0 Å². The molecule has 1 aromatic carbocycles. The average Bonchev–Trinajstić information content (AvgIpc) is 3.12. The molecule has 148 valence electrons. The maximum atomic E-state index is 12.6. The summed E-state index contributed by atoms with van der Waals surface area (Å²) >= 11 is 0. The van der Waals surface area contributed by atoms with Crippen molar-refractivity contribution < 1.29 is 0 Å².